The van der Waals surface area contributed by atoms with Crippen LogP contribution < -0.4 is 5.32 Å². The number of amides is 2. The van der Waals surface area contributed by atoms with Crippen molar-refractivity contribution in [1.82, 2.24) is 15.0 Å². The van der Waals surface area contributed by atoms with Crippen LogP contribution in [0.2, 0.25) is 0 Å². The third-order valence-electron chi connectivity index (χ3n) is 4.69. The van der Waals surface area contributed by atoms with Gasteiger partial charge in [-0.15, -0.1) is 0 Å². The Labute approximate surface area is 167 Å². The fourth-order valence-corrected chi connectivity index (χ4v) is 3.08. The topological polar surface area (TPSA) is 97.6 Å². The number of carbonyl (C=O) groups excluding carboxylic acids is 2. The van der Waals surface area contributed by atoms with Crippen molar-refractivity contribution in [1.29, 1.82) is 0 Å². The second-order valence-electron chi connectivity index (χ2n) is 6.68. The number of pyridine rings is 1. The Morgan fingerprint density at radius 3 is 2.66 bits per heavy atom. The van der Waals surface area contributed by atoms with Crippen molar-refractivity contribution in [3.05, 3.63) is 65.5 Å². The molecule has 0 atom stereocenters. The lowest BCUT2D eigenvalue weighted by Crippen LogP contribution is -2.41. The van der Waals surface area contributed by atoms with Gasteiger partial charge in [-0.3, -0.25) is 14.6 Å². The monoisotopic (exact) mass is 392 g/mol. The summed E-state index contributed by atoms with van der Waals surface area (Å²) in [5.74, 6) is -0.459. The molecule has 1 fully saturated rings. The van der Waals surface area contributed by atoms with E-state index in [1.807, 2.05) is 19.1 Å². The first-order valence-electron chi connectivity index (χ1n) is 9.29. The largest absolute Gasteiger partial charge is 0.378 e. The summed E-state index contributed by atoms with van der Waals surface area (Å²) in [6.07, 6.45) is 1.64. The zero-order chi connectivity index (χ0) is 20.2. The van der Waals surface area contributed by atoms with Crippen LogP contribution in [0.4, 0.5) is 5.69 Å². The summed E-state index contributed by atoms with van der Waals surface area (Å²) in [4.78, 5) is 31.3. The number of hydrogen-bond acceptors (Lipinski definition) is 6. The van der Waals surface area contributed by atoms with Gasteiger partial charge in [-0.2, -0.15) is 0 Å². The van der Waals surface area contributed by atoms with E-state index in [9.17, 15) is 9.59 Å². The lowest BCUT2D eigenvalue weighted by Gasteiger charge is -2.27. The zero-order valence-corrected chi connectivity index (χ0v) is 15.9. The molecule has 1 aliphatic rings. The Morgan fingerprint density at radius 2 is 1.90 bits per heavy atom. The number of ether oxygens (including phenoxy) is 1. The van der Waals surface area contributed by atoms with E-state index in [2.05, 4.69) is 15.5 Å². The van der Waals surface area contributed by atoms with Crippen molar-refractivity contribution < 1.29 is 18.8 Å². The molecule has 2 amide bonds. The van der Waals surface area contributed by atoms with Gasteiger partial charge in [0.15, 0.2) is 0 Å². The van der Waals surface area contributed by atoms with Crippen molar-refractivity contribution >= 4 is 17.5 Å². The van der Waals surface area contributed by atoms with Crippen LogP contribution in [-0.4, -0.2) is 53.2 Å². The summed E-state index contributed by atoms with van der Waals surface area (Å²) in [5.41, 5.74) is 2.99. The first kappa shape index (κ1) is 18.8. The summed E-state index contributed by atoms with van der Waals surface area (Å²) in [6.45, 7) is 4.05. The van der Waals surface area contributed by atoms with Crippen molar-refractivity contribution in [2.24, 2.45) is 0 Å². The molecule has 0 unspecified atom stereocenters. The van der Waals surface area contributed by atoms with Crippen LogP contribution in [0.1, 0.15) is 26.5 Å². The summed E-state index contributed by atoms with van der Waals surface area (Å²) in [6, 6.07) is 12.2. The van der Waals surface area contributed by atoms with Gasteiger partial charge >= 0.3 is 0 Å². The van der Waals surface area contributed by atoms with E-state index in [0.717, 1.165) is 5.56 Å². The van der Waals surface area contributed by atoms with Gasteiger partial charge in [0.2, 0.25) is 5.76 Å². The van der Waals surface area contributed by atoms with Crippen molar-refractivity contribution in [3.8, 4) is 11.4 Å². The maximum absolute atomic E-state index is 12.8. The molecule has 1 saturated heterocycles. The third kappa shape index (κ3) is 4.17. The number of aromatic nitrogens is 2. The van der Waals surface area contributed by atoms with Crippen LogP contribution in [0.25, 0.3) is 11.4 Å². The molecule has 1 N–H and O–H groups in total. The number of anilines is 1. The van der Waals surface area contributed by atoms with Gasteiger partial charge < -0.3 is 19.5 Å². The highest BCUT2D eigenvalue weighted by molar-refractivity contribution is 6.04. The van der Waals surface area contributed by atoms with Gasteiger partial charge in [-0.25, -0.2) is 0 Å². The van der Waals surface area contributed by atoms with Crippen molar-refractivity contribution in [2.75, 3.05) is 31.6 Å². The standard InChI is InChI=1S/C21H20N4O4/c1-14-5-6-15(12-16(14)21(27)25-8-10-28-11-9-25)23-20(26)19-13-18(24-29-19)17-4-2-3-7-22-17/h2-7,12-13H,8-11H2,1H3,(H,23,26). The molecule has 0 aliphatic carbocycles. The molecule has 3 aromatic rings. The van der Waals surface area contributed by atoms with Gasteiger partial charge in [0, 0.05) is 36.6 Å². The minimum atomic E-state index is -0.451. The first-order valence-corrected chi connectivity index (χ1v) is 9.29. The summed E-state index contributed by atoms with van der Waals surface area (Å²) in [5, 5.41) is 6.66. The highest BCUT2D eigenvalue weighted by Gasteiger charge is 2.21. The maximum Gasteiger partial charge on any atom is 0.294 e. The van der Waals surface area contributed by atoms with E-state index in [1.165, 1.54) is 6.07 Å². The van der Waals surface area contributed by atoms with E-state index in [-0.39, 0.29) is 11.7 Å². The van der Waals surface area contributed by atoms with Gasteiger partial charge in [0.1, 0.15) is 5.69 Å². The number of hydrogen-bond donors (Lipinski definition) is 1. The van der Waals surface area contributed by atoms with Gasteiger partial charge in [-0.1, -0.05) is 17.3 Å². The van der Waals surface area contributed by atoms with E-state index in [1.54, 1.807) is 35.4 Å². The Bertz CT molecular complexity index is 1030. The van der Waals surface area contributed by atoms with Crippen LogP contribution in [0.15, 0.2) is 53.2 Å². The van der Waals surface area contributed by atoms with E-state index in [0.29, 0.717) is 48.9 Å². The Hall–Kier alpha value is -3.52. The number of nitrogens with one attached hydrogen (secondary N) is 1. The smallest absolute Gasteiger partial charge is 0.294 e. The highest BCUT2D eigenvalue weighted by atomic mass is 16.5. The predicted molar refractivity (Wildman–Crippen MR) is 106 cm³/mol. The Morgan fingerprint density at radius 1 is 1.07 bits per heavy atom. The number of morpholine rings is 1. The highest BCUT2D eigenvalue weighted by Crippen LogP contribution is 2.20. The molecule has 1 aliphatic heterocycles. The Kier molecular flexibility index (Phi) is 5.35. The molecule has 0 spiro atoms. The van der Waals surface area contributed by atoms with Gasteiger partial charge in [0.05, 0.1) is 18.9 Å². The number of aryl methyl sites for hydroxylation is 1. The molecule has 1 aromatic carbocycles. The van der Waals surface area contributed by atoms with Crippen LogP contribution >= 0.6 is 0 Å². The van der Waals surface area contributed by atoms with Gasteiger partial charge in [0.25, 0.3) is 11.8 Å². The fourth-order valence-electron chi connectivity index (χ4n) is 3.08. The molecule has 0 bridgehead atoms. The molecule has 2 aromatic heterocycles. The third-order valence-corrected chi connectivity index (χ3v) is 4.69. The summed E-state index contributed by atoms with van der Waals surface area (Å²) < 4.78 is 10.5. The number of nitrogens with zero attached hydrogens (tertiary/aromatic N) is 3. The Balaban J connectivity index is 1.50. The average Bonchev–Trinajstić information content (AvgIpc) is 3.26. The lowest BCUT2D eigenvalue weighted by molar-refractivity contribution is 0.0302. The zero-order valence-electron chi connectivity index (χ0n) is 15.9. The molecular formula is C21H20N4O4. The molecule has 29 heavy (non-hydrogen) atoms. The predicted octanol–water partition coefficient (Wildman–Crippen LogP) is 2.77. The quantitative estimate of drug-likeness (QED) is 0.733. The fraction of sp³-hybridized carbons (Fsp3) is 0.238. The molecule has 8 nitrogen and oxygen atoms in total. The van der Waals surface area contributed by atoms with E-state index < -0.39 is 5.91 Å². The van der Waals surface area contributed by atoms with Crippen LogP contribution in [0.3, 0.4) is 0 Å². The lowest BCUT2D eigenvalue weighted by atomic mass is 10.1. The van der Waals surface area contributed by atoms with E-state index >= 15 is 0 Å². The van der Waals surface area contributed by atoms with Crippen LogP contribution in [-0.2, 0) is 4.74 Å². The average molecular weight is 392 g/mol. The van der Waals surface area contributed by atoms with E-state index in [4.69, 9.17) is 9.26 Å². The normalized spacial score (nSPS) is 13.9. The molecule has 0 radical (unpaired) electrons. The minimum absolute atomic E-state index is 0.0623. The van der Waals surface area contributed by atoms with Crippen molar-refractivity contribution in [2.45, 2.75) is 6.92 Å². The number of rotatable bonds is 4. The second-order valence-corrected chi connectivity index (χ2v) is 6.68. The number of benzene rings is 1. The minimum Gasteiger partial charge on any atom is -0.378 e. The summed E-state index contributed by atoms with van der Waals surface area (Å²) in [7, 11) is 0. The first-order chi connectivity index (χ1) is 14.1. The molecule has 3 heterocycles. The maximum atomic E-state index is 12.8. The van der Waals surface area contributed by atoms with Gasteiger partial charge in [-0.05, 0) is 36.8 Å². The SMILES string of the molecule is Cc1ccc(NC(=O)c2cc(-c3ccccn3)no2)cc1C(=O)N1CCOCC1. The molecule has 8 heteroatoms. The molecule has 0 saturated carbocycles. The van der Waals surface area contributed by atoms with Crippen LogP contribution in [0, 0.1) is 6.92 Å². The van der Waals surface area contributed by atoms with Crippen LogP contribution in [0.5, 0.6) is 0 Å². The van der Waals surface area contributed by atoms with Crippen molar-refractivity contribution in [3.63, 3.8) is 0 Å². The number of carbonyl (C=O) groups is 2. The molecular weight excluding hydrogens is 372 g/mol. The molecule has 148 valence electrons. The molecule has 4 rings (SSSR count). The summed E-state index contributed by atoms with van der Waals surface area (Å²) >= 11 is 0. The second kappa shape index (κ2) is 8.24.